The second-order valence-corrected chi connectivity index (χ2v) is 6.05. The number of nitrogens with one attached hydrogen (secondary N) is 1. The topological polar surface area (TPSA) is 67.2 Å². The number of nitrogens with zero attached hydrogens (tertiary/aromatic N) is 3. The van der Waals surface area contributed by atoms with Gasteiger partial charge in [0.15, 0.2) is 0 Å². The van der Waals surface area contributed by atoms with Crippen molar-refractivity contribution in [2.75, 3.05) is 0 Å². The Morgan fingerprint density at radius 1 is 1.37 bits per heavy atom. The van der Waals surface area contributed by atoms with Crippen molar-refractivity contribution in [3.8, 4) is 0 Å². The van der Waals surface area contributed by atoms with Crippen LogP contribution in [0.2, 0.25) is 0 Å². The second-order valence-electron chi connectivity index (χ2n) is 6.05. The highest BCUT2D eigenvalue weighted by Crippen LogP contribution is 2.29. The van der Waals surface area contributed by atoms with Crippen LogP contribution in [0.3, 0.4) is 0 Å². The van der Waals surface area contributed by atoms with Gasteiger partial charge in [-0.25, -0.2) is 4.79 Å². The third-order valence-corrected chi connectivity index (χ3v) is 3.39. The van der Waals surface area contributed by atoms with Crippen LogP contribution in [0.25, 0.3) is 0 Å². The van der Waals surface area contributed by atoms with Gasteiger partial charge in [-0.3, -0.25) is 14.4 Å². The van der Waals surface area contributed by atoms with Crippen molar-refractivity contribution in [2.45, 2.75) is 39.8 Å². The van der Waals surface area contributed by atoms with Gasteiger partial charge in [-0.15, -0.1) is 0 Å². The molecule has 1 aromatic heterocycles. The van der Waals surface area contributed by atoms with Crippen LogP contribution in [-0.4, -0.2) is 32.7 Å². The van der Waals surface area contributed by atoms with E-state index in [-0.39, 0.29) is 23.4 Å². The normalized spacial score (nSPS) is 21.7. The van der Waals surface area contributed by atoms with Gasteiger partial charge >= 0.3 is 6.03 Å². The highest BCUT2D eigenvalue weighted by molar-refractivity contribution is 6.04. The van der Waals surface area contributed by atoms with E-state index in [0.717, 1.165) is 0 Å². The number of imide groups is 1. The van der Waals surface area contributed by atoms with Crippen LogP contribution in [0.4, 0.5) is 4.79 Å². The fraction of sp³-hybridized carbons (Fsp3) is 0.615. The number of carbonyl (C=O) groups excluding carboxylic acids is 2. The Labute approximate surface area is 112 Å². The minimum Gasteiger partial charge on any atom is -0.325 e. The number of rotatable bonds is 2. The maximum absolute atomic E-state index is 12.4. The molecule has 2 atom stereocenters. The third-order valence-electron chi connectivity index (χ3n) is 3.39. The maximum atomic E-state index is 12.4. The van der Waals surface area contributed by atoms with Gasteiger partial charge in [-0.1, -0.05) is 20.8 Å². The first-order chi connectivity index (χ1) is 8.71. The van der Waals surface area contributed by atoms with E-state index in [1.165, 1.54) is 4.90 Å². The fourth-order valence-electron chi connectivity index (χ4n) is 2.24. The first kappa shape index (κ1) is 13.6. The quantitative estimate of drug-likeness (QED) is 0.822. The summed E-state index contributed by atoms with van der Waals surface area (Å²) in [5.41, 5.74) is 0.409. The molecule has 104 valence electrons. The molecule has 0 saturated carbocycles. The van der Waals surface area contributed by atoms with Gasteiger partial charge in [0.1, 0.15) is 6.04 Å². The number of amides is 3. The van der Waals surface area contributed by atoms with Gasteiger partial charge in [0, 0.05) is 13.2 Å². The Balaban J connectivity index is 2.26. The number of carbonyl (C=O) groups is 2. The Kier molecular flexibility index (Phi) is 3.12. The molecule has 6 nitrogen and oxygen atoms in total. The lowest BCUT2D eigenvalue weighted by Gasteiger charge is -2.25. The van der Waals surface area contributed by atoms with Crippen LogP contribution in [-0.2, 0) is 11.8 Å². The molecule has 3 amide bonds. The SMILES string of the molecule is CC(c1ccn(C)n1)N1C(=O)NC(C(C)(C)C)C1=O. The molecule has 1 fully saturated rings. The van der Waals surface area contributed by atoms with Crippen LogP contribution in [0, 0.1) is 5.41 Å². The van der Waals surface area contributed by atoms with E-state index < -0.39 is 6.04 Å². The highest BCUT2D eigenvalue weighted by atomic mass is 16.2. The summed E-state index contributed by atoms with van der Waals surface area (Å²) in [6.45, 7) is 7.62. The molecular formula is C13H20N4O2. The predicted molar refractivity (Wildman–Crippen MR) is 70.2 cm³/mol. The van der Waals surface area contributed by atoms with Gasteiger partial charge in [0.05, 0.1) is 11.7 Å². The van der Waals surface area contributed by atoms with Crippen LogP contribution in [0.15, 0.2) is 12.3 Å². The Bertz CT molecular complexity index is 515. The summed E-state index contributed by atoms with van der Waals surface area (Å²) in [6, 6.07) is 0.630. The van der Waals surface area contributed by atoms with Gasteiger partial charge < -0.3 is 5.32 Å². The summed E-state index contributed by atoms with van der Waals surface area (Å²) < 4.78 is 1.66. The summed E-state index contributed by atoms with van der Waals surface area (Å²) in [4.78, 5) is 25.7. The second kappa shape index (κ2) is 4.36. The zero-order valence-corrected chi connectivity index (χ0v) is 12.0. The Hall–Kier alpha value is -1.85. The van der Waals surface area contributed by atoms with Crippen molar-refractivity contribution in [3.63, 3.8) is 0 Å². The molecule has 2 heterocycles. The minimum absolute atomic E-state index is 0.185. The Morgan fingerprint density at radius 2 is 2.00 bits per heavy atom. The van der Waals surface area contributed by atoms with Crippen molar-refractivity contribution in [2.24, 2.45) is 12.5 Å². The lowest BCUT2D eigenvalue weighted by Crippen LogP contribution is -2.41. The number of aryl methyl sites for hydroxylation is 1. The van der Waals surface area contributed by atoms with E-state index >= 15 is 0 Å². The monoisotopic (exact) mass is 264 g/mol. The van der Waals surface area contributed by atoms with Crippen molar-refractivity contribution >= 4 is 11.9 Å². The zero-order valence-electron chi connectivity index (χ0n) is 12.0. The van der Waals surface area contributed by atoms with Crippen LogP contribution in [0.1, 0.15) is 39.4 Å². The molecule has 1 aromatic rings. The van der Waals surface area contributed by atoms with E-state index in [9.17, 15) is 9.59 Å². The van der Waals surface area contributed by atoms with E-state index in [2.05, 4.69) is 10.4 Å². The maximum Gasteiger partial charge on any atom is 0.325 e. The van der Waals surface area contributed by atoms with Gasteiger partial charge in [-0.2, -0.15) is 5.10 Å². The summed E-state index contributed by atoms with van der Waals surface area (Å²) in [5.74, 6) is -0.185. The van der Waals surface area contributed by atoms with E-state index in [4.69, 9.17) is 0 Å². The molecule has 0 bridgehead atoms. The van der Waals surface area contributed by atoms with Gasteiger partial charge in [0.25, 0.3) is 5.91 Å². The molecule has 6 heteroatoms. The van der Waals surface area contributed by atoms with Crippen molar-refractivity contribution in [3.05, 3.63) is 18.0 Å². The molecule has 2 unspecified atom stereocenters. The van der Waals surface area contributed by atoms with E-state index in [0.29, 0.717) is 5.69 Å². The largest absolute Gasteiger partial charge is 0.325 e. The molecule has 1 aliphatic rings. The van der Waals surface area contributed by atoms with Gasteiger partial charge in [0.2, 0.25) is 0 Å². The van der Waals surface area contributed by atoms with Crippen molar-refractivity contribution in [1.29, 1.82) is 0 Å². The Morgan fingerprint density at radius 3 is 2.42 bits per heavy atom. The molecule has 2 rings (SSSR count). The molecule has 1 saturated heterocycles. The predicted octanol–water partition coefficient (Wildman–Crippen LogP) is 1.45. The highest BCUT2D eigenvalue weighted by Gasteiger charge is 2.46. The molecule has 0 aromatic carbocycles. The molecule has 19 heavy (non-hydrogen) atoms. The fourth-order valence-corrected chi connectivity index (χ4v) is 2.24. The first-order valence-electron chi connectivity index (χ1n) is 6.35. The van der Waals surface area contributed by atoms with Crippen LogP contribution >= 0.6 is 0 Å². The third kappa shape index (κ3) is 2.34. The summed E-state index contributed by atoms with van der Waals surface area (Å²) in [5, 5.41) is 7.01. The summed E-state index contributed by atoms with van der Waals surface area (Å²) >= 11 is 0. The minimum atomic E-state index is -0.480. The first-order valence-corrected chi connectivity index (χ1v) is 6.35. The molecule has 1 aliphatic heterocycles. The average Bonchev–Trinajstić information content (AvgIpc) is 2.82. The lowest BCUT2D eigenvalue weighted by atomic mass is 9.87. The summed E-state index contributed by atoms with van der Waals surface area (Å²) in [7, 11) is 1.81. The number of hydrogen-bond donors (Lipinski definition) is 1. The van der Waals surface area contributed by atoms with Crippen LogP contribution in [0.5, 0.6) is 0 Å². The van der Waals surface area contributed by atoms with Crippen molar-refractivity contribution < 1.29 is 9.59 Å². The molecule has 0 spiro atoms. The molecular weight excluding hydrogens is 244 g/mol. The standard InChI is InChI=1S/C13H20N4O2/c1-8(9-6-7-16(5)15-9)17-11(18)10(13(2,3)4)14-12(17)19/h6-8,10H,1-5H3,(H,14,19). The average molecular weight is 264 g/mol. The molecule has 0 aliphatic carbocycles. The van der Waals surface area contributed by atoms with Crippen molar-refractivity contribution in [1.82, 2.24) is 20.0 Å². The van der Waals surface area contributed by atoms with E-state index in [1.54, 1.807) is 17.9 Å². The van der Waals surface area contributed by atoms with E-state index in [1.807, 2.05) is 33.8 Å². The number of urea groups is 1. The zero-order chi connectivity index (χ0) is 14.4. The number of aromatic nitrogens is 2. The van der Waals surface area contributed by atoms with Crippen LogP contribution < -0.4 is 5.32 Å². The number of hydrogen-bond acceptors (Lipinski definition) is 3. The molecule has 0 radical (unpaired) electrons. The molecule has 1 N–H and O–H groups in total. The lowest BCUT2D eigenvalue weighted by molar-refractivity contribution is -0.131. The van der Waals surface area contributed by atoms with Gasteiger partial charge in [-0.05, 0) is 18.4 Å². The smallest absolute Gasteiger partial charge is 0.325 e. The summed E-state index contributed by atoms with van der Waals surface area (Å²) in [6.07, 6.45) is 1.80.